The molecular weight excluding hydrogens is 815 g/mol. The fourth-order valence-corrected chi connectivity index (χ4v) is 7.91. The second-order valence-electron chi connectivity index (χ2n) is 16.4. The molecule has 1 unspecified atom stereocenters. The molecule has 0 aromatic heterocycles. The summed E-state index contributed by atoms with van der Waals surface area (Å²) in [5.74, 6) is -1.62. The lowest BCUT2D eigenvalue weighted by Crippen LogP contribution is -2.59. The predicted molar refractivity (Wildman–Crippen MR) is 235 cm³/mol. The first-order valence-corrected chi connectivity index (χ1v) is 22.0. The van der Waals surface area contributed by atoms with Crippen LogP contribution in [-0.4, -0.2) is 89.6 Å². The van der Waals surface area contributed by atoms with Gasteiger partial charge in [0, 0.05) is 30.4 Å². The lowest BCUT2D eigenvalue weighted by molar-refractivity contribution is -0.385. The minimum Gasteiger partial charge on any atom is -0.493 e. The van der Waals surface area contributed by atoms with Gasteiger partial charge >= 0.3 is 6.09 Å². The molecule has 2 aromatic carbocycles. The van der Waals surface area contributed by atoms with Crippen LogP contribution < -0.4 is 41.6 Å². The summed E-state index contributed by atoms with van der Waals surface area (Å²) in [7, 11) is 5.80. The van der Waals surface area contributed by atoms with Crippen molar-refractivity contribution in [2.45, 2.75) is 123 Å². The first-order chi connectivity index (χ1) is 28.0. The van der Waals surface area contributed by atoms with Crippen molar-refractivity contribution in [2.24, 2.45) is 5.92 Å². The summed E-state index contributed by atoms with van der Waals surface area (Å²) in [6.07, 6.45) is 0.130. The highest BCUT2D eigenvalue weighted by atomic mass is 33.1. The number of hydrogen-bond acceptors (Lipinski definition) is 13. The Hall–Kier alpha value is -4.75. The number of carbonyl (C=O) groups excluding carboxylic acids is 5. The average molecular weight is 878 g/mol. The number of benzene rings is 2. The molecule has 0 spiro atoms. The Labute approximate surface area is 361 Å². The summed E-state index contributed by atoms with van der Waals surface area (Å²) < 4.78 is 16.4. The minimum absolute atomic E-state index is 0.0554. The van der Waals surface area contributed by atoms with E-state index in [1.54, 1.807) is 27.7 Å². The largest absolute Gasteiger partial charge is 0.493 e. The number of hydrogen-bond donors (Lipinski definition) is 6. The first-order valence-electron chi connectivity index (χ1n) is 19.7. The number of nitro groups is 1. The predicted octanol–water partition coefficient (Wildman–Crippen LogP) is 5.52. The summed E-state index contributed by atoms with van der Waals surface area (Å²) in [5.41, 5.74) is 5.27. The van der Waals surface area contributed by atoms with Crippen LogP contribution in [0.1, 0.15) is 98.7 Å². The maximum Gasteiger partial charge on any atom is 0.408 e. The molecule has 17 nitrogen and oxygen atoms in total. The monoisotopic (exact) mass is 877 g/mol. The van der Waals surface area contributed by atoms with Gasteiger partial charge < -0.3 is 35.5 Å². The van der Waals surface area contributed by atoms with Crippen LogP contribution in [0, 0.1) is 16.0 Å². The zero-order valence-electron chi connectivity index (χ0n) is 36.5. The maximum atomic E-state index is 14.0. The van der Waals surface area contributed by atoms with Gasteiger partial charge in [0.15, 0.2) is 11.5 Å². The Bertz CT molecular complexity index is 1750. The molecule has 0 aliphatic carbocycles. The summed E-state index contributed by atoms with van der Waals surface area (Å²) in [5, 5.41) is 23.0. The lowest BCUT2D eigenvalue weighted by Gasteiger charge is -2.27. The van der Waals surface area contributed by atoms with Gasteiger partial charge in [-0.3, -0.25) is 34.7 Å². The topological polar surface area (TPSA) is 228 Å². The number of alkyl carbamates (subject to hydrolysis) is 1. The van der Waals surface area contributed by atoms with Crippen molar-refractivity contribution < 1.29 is 43.1 Å². The van der Waals surface area contributed by atoms with Gasteiger partial charge in [-0.15, -0.1) is 0 Å². The van der Waals surface area contributed by atoms with E-state index < -0.39 is 58.5 Å². The Morgan fingerprint density at radius 2 is 1.48 bits per heavy atom. The zero-order chi connectivity index (χ0) is 45.2. The van der Waals surface area contributed by atoms with Gasteiger partial charge in [0.2, 0.25) is 17.7 Å². The van der Waals surface area contributed by atoms with E-state index in [0.717, 1.165) is 5.56 Å². The van der Waals surface area contributed by atoms with E-state index >= 15 is 0 Å². The van der Waals surface area contributed by atoms with Crippen molar-refractivity contribution in [3.05, 3.63) is 63.7 Å². The molecule has 0 bridgehead atoms. The standard InChI is InChI=1S/C41H63N7O10S2/c1-25(2)20-29(43-37(51)30(21-27-16-13-12-14-17-27)45-39(53)58-40(4,5)6)36(50)44-31(24-59-60-41(7,8)9)38(52)47-46-26(3)28-22-33(56-11)34(23-32(28)48(54)55)57-19-15-18-35(49)42-10/h12-14,16-17,22-23,25-26,29-31,46H,15,18-21,24H2,1-11H3,(H,42,49)(H,43,51)(H,44,50)(H,45,53)(H,47,52)/t26?,29-,30-,31-/m0/s1. The van der Waals surface area contributed by atoms with Crippen molar-refractivity contribution in [1.82, 2.24) is 32.1 Å². The van der Waals surface area contributed by atoms with E-state index in [4.69, 9.17) is 14.2 Å². The van der Waals surface area contributed by atoms with Gasteiger partial charge in [-0.05, 0) is 58.1 Å². The number of nitro benzene ring substituents is 1. The number of carbonyl (C=O) groups is 5. The smallest absolute Gasteiger partial charge is 0.408 e. The molecular formula is C41H63N7O10S2. The molecule has 0 heterocycles. The van der Waals surface area contributed by atoms with Crippen LogP contribution in [0.2, 0.25) is 0 Å². The minimum atomic E-state index is -1.11. The summed E-state index contributed by atoms with van der Waals surface area (Å²) >= 11 is 0. The second-order valence-corrected chi connectivity index (χ2v) is 19.6. The van der Waals surface area contributed by atoms with E-state index in [-0.39, 0.29) is 70.9 Å². The fraction of sp³-hybridized carbons (Fsp3) is 0.585. The molecule has 2 rings (SSSR count). The zero-order valence-corrected chi connectivity index (χ0v) is 38.2. The first kappa shape index (κ1) is 51.4. The maximum absolute atomic E-state index is 14.0. The van der Waals surface area contributed by atoms with Gasteiger partial charge in [-0.2, -0.15) is 0 Å². The number of ether oxygens (including phenoxy) is 3. The summed E-state index contributed by atoms with van der Waals surface area (Å²) in [6.45, 7) is 16.6. The quantitative estimate of drug-likeness (QED) is 0.0350. The third kappa shape index (κ3) is 19.1. The van der Waals surface area contributed by atoms with Crippen LogP contribution in [-0.2, 0) is 30.3 Å². The Morgan fingerprint density at radius 3 is 2.05 bits per heavy atom. The van der Waals surface area contributed by atoms with E-state index in [1.165, 1.54) is 47.9 Å². The van der Waals surface area contributed by atoms with Crippen molar-refractivity contribution in [2.75, 3.05) is 26.5 Å². The van der Waals surface area contributed by atoms with Crippen molar-refractivity contribution in [3.8, 4) is 11.5 Å². The highest BCUT2D eigenvalue weighted by Gasteiger charge is 2.32. The molecule has 6 N–H and O–H groups in total. The van der Waals surface area contributed by atoms with Crippen LogP contribution in [0.4, 0.5) is 10.5 Å². The van der Waals surface area contributed by atoms with Crippen LogP contribution in [0.25, 0.3) is 0 Å². The number of amides is 5. The average Bonchev–Trinajstić information content (AvgIpc) is 3.15. The van der Waals surface area contributed by atoms with E-state index in [2.05, 4.69) is 32.1 Å². The van der Waals surface area contributed by atoms with Gasteiger partial charge in [0.1, 0.15) is 23.7 Å². The third-order valence-electron chi connectivity index (χ3n) is 8.28. The van der Waals surface area contributed by atoms with Crippen LogP contribution in [0.15, 0.2) is 42.5 Å². The molecule has 0 saturated heterocycles. The normalized spacial score (nSPS) is 13.5. The van der Waals surface area contributed by atoms with E-state index in [1.807, 2.05) is 65.0 Å². The number of rotatable bonds is 23. The molecule has 5 amide bonds. The van der Waals surface area contributed by atoms with Crippen molar-refractivity contribution >= 4 is 57.0 Å². The van der Waals surface area contributed by atoms with Crippen LogP contribution >= 0.6 is 21.6 Å². The molecule has 0 fully saturated rings. The van der Waals surface area contributed by atoms with Crippen molar-refractivity contribution in [1.29, 1.82) is 0 Å². The van der Waals surface area contributed by atoms with Gasteiger partial charge in [0.05, 0.1) is 36.3 Å². The van der Waals surface area contributed by atoms with E-state index in [9.17, 15) is 34.1 Å². The number of methoxy groups -OCH3 is 1. The second kappa shape index (κ2) is 24.5. The molecule has 334 valence electrons. The van der Waals surface area contributed by atoms with Crippen LogP contribution in [0.3, 0.4) is 0 Å². The molecule has 0 aliphatic heterocycles. The van der Waals surface area contributed by atoms with E-state index in [0.29, 0.717) is 6.42 Å². The third-order valence-corrected chi connectivity index (χ3v) is 11.6. The Balaban J connectivity index is 2.32. The highest BCUT2D eigenvalue weighted by molar-refractivity contribution is 8.77. The molecule has 19 heteroatoms. The van der Waals surface area contributed by atoms with Gasteiger partial charge in [-0.1, -0.05) is 86.5 Å². The van der Waals surface area contributed by atoms with Crippen LogP contribution in [0.5, 0.6) is 11.5 Å². The fourth-order valence-electron chi connectivity index (χ4n) is 5.44. The lowest BCUT2D eigenvalue weighted by atomic mass is 10.0. The Kier molecular flexibility index (Phi) is 21.0. The number of nitrogens with one attached hydrogen (secondary N) is 6. The molecule has 60 heavy (non-hydrogen) atoms. The highest BCUT2D eigenvalue weighted by Crippen LogP contribution is 2.38. The SMILES string of the molecule is CNC(=O)CCCOc1cc([N+](=O)[O-])c(C(C)NNC(=O)[C@H](CSSC(C)(C)C)NC(=O)[C@H](CC(C)C)NC(=O)[C@H](Cc2ccccc2)NC(=O)OC(C)(C)C)cc1OC. The summed E-state index contributed by atoms with van der Waals surface area (Å²) in [4.78, 5) is 77.7. The number of hydrazine groups is 1. The molecule has 0 saturated carbocycles. The van der Waals surface area contributed by atoms with Crippen molar-refractivity contribution in [3.63, 3.8) is 0 Å². The molecule has 0 aliphatic rings. The van der Waals surface area contributed by atoms with Gasteiger partial charge in [0.25, 0.3) is 11.6 Å². The molecule has 0 radical (unpaired) electrons. The summed E-state index contributed by atoms with van der Waals surface area (Å²) in [6, 6.07) is 7.64. The Morgan fingerprint density at radius 1 is 0.850 bits per heavy atom. The number of nitrogens with zero attached hydrogens (tertiary/aromatic N) is 1. The molecule has 4 atom stereocenters. The van der Waals surface area contributed by atoms with Gasteiger partial charge in [-0.25, -0.2) is 10.2 Å². The molecule has 2 aromatic rings.